The van der Waals surface area contributed by atoms with Gasteiger partial charge in [-0.1, -0.05) is 17.8 Å². The van der Waals surface area contributed by atoms with Gasteiger partial charge in [0.05, 0.1) is 11.3 Å². The molecule has 110 valence electrons. The van der Waals surface area contributed by atoms with Crippen LogP contribution in [0, 0.1) is 6.92 Å². The van der Waals surface area contributed by atoms with Crippen LogP contribution in [0.15, 0.2) is 36.0 Å². The monoisotopic (exact) mass is 305 g/mol. The molecule has 2 rings (SSSR count). The van der Waals surface area contributed by atoms with Crippen LogP contribution in [0.3, 0.4) is 0 Å². The van der Waals surface area contributed by atoms with Gasteiger partial charge in [0, 0.05) is 12.6 Å². The van der Waals surface area contributed by atoms with E-state index in [1.165, 1.54) is 23.9 Å². The molecule has 6 nitrogen and oxygen atoms in total. The molecule has 0 saturated carbocycles. The molecule has 1 heterocycles. The largest absolute Gasteiger partial charge is 0.508 e. The third-order valence-electron chi connectivity index (χ3n) is 2.83. The van der Waals surface area contributed by atoms with Crippen molar-refractivity contribution in [1.29, 1.82) is 0 Å². The van der Waals surface area contributed by atoms with Crippen molar-refractivity contribution >= 4 is 17.5 Å². The molecule has 0 spiro atoms. The van der Waals surface area contributed by atoms with Crippen molar-refractivity contribution in [2.45, 2.75) is 18.6 Å². The summed E-state index contributed by atoms with van der Waals surface area (Å²) in [6.45, 7) is 6.07. The molecule has 0 fully saturated rings. The number of allylic oxidation sites excluding steroid dienone is 1. The van der Waals surface area contributed by atoms with Crippen molar-refractivity contribution in [3.8, 4) is 11.5 Å². The van der Waals surface area contributed by atoms with E-state index in [1.54, 1.807) is 6.08 Å². The summed E-state index contributed by atoms with van der Waals surface area (Å²) >= 11 is 1.24. The maximum absolute atomic E-state index is 12.1. The van der Waals surface area contributed by atoms with Gasteiger partial charge in [0.1, 0.15) is 17.3 Å². The maximum Gasteiger partial charge on any atom is 0.191 e. The molecular weight excluding hydrogens is 290 g/mol. The number of hydrogen-bond donors (Lipinski definition) is 2. The number of phenols is 2. The van der Waals surface area contributed by atoms with Gasteiger partial charge in [-0.25, -0.2) is 0 Å². The van der Waals surface area contributed by atoms with E-state index in [0.29, 0.717) is 11.7 Å². The standard InChI is InChI=1S/C14H15N3O3S/c1-3-6-17-9(2)15-16-14(17)21-8-13(20)11-5-4-10(18)7-12(11)19/h3-5,7,18-19H,1,6,8H2,2H3. The number of aryl methyl sites for hydroxylation is 1. The minimum atomic E-state index is -0.247. The fraction of sp³-hybridized carbons (Fsp3) is 0.214. The van der Waals surface area contributed by atoms with Gasteiger partial charge in [-0.15, -0.1) is 16.8 Å². The molecule has 0 saturated heterocycles. The van der Waals surface area contributed by atoms with Crippen LogP contribution in [-0.2, 0) is 6.54 Å². The Bertz CT molecular complexity index is 682. The average Bonchev–Trinajstić information content (AvgIpc) is 2.78. The molecule has 0 aliphatic carbocycles. The van der Waals surface area contributed by atoms with Crippen molar-refractivity contribution in [2.24, 2.45) is 0 Å². The van der Waals surface area contributed by atoms with Gasteiger partial charge in [-0.3, -0.25) is 4.79 Å². The number of Topliss-reactive ketones (excluding diaryl/α,β-unsaturated/α-hetero) is 1. The SMILES string of the molecule is C=CCn1c(C)nnc1SCC(=O)c1ccc(O)cc1O. The van der Waals surface area contributed by atoms with Crippen molar-refractivity contribution in [1.82, 2.24) is 14.8 Å². The predicted octanol–water partition coefficient (Wildman–Crippen LogP) is 2.16. The first kappa shape index (κ1) is 15.1. The number of hydrogen-bond acceptors (Lipinski definition) is 6. The summed E-state index contributed by atoms with van der Waals surface area (Å²) in [7, 11) is 0. The molecule has 0 aliphatic rings. The van der Waals surface area contributed by atoms with Crippen LogP contribution in [0.25, 0.3) is 0 Å². The number of aromatic nitrogens is 3. The van der Waals surface area contributed by atoms with E-state index in [0.717, 1.165) is 11.9 Å². The van der Waals surface area contributed by atoms with Gasteiger partial charge in [-0.05, 0) is 19.1 Å². The number of ketones is 1. The van der Waals surface area contributed by atoms with Crippen molar-refractivity contribution in [2.75, 3.05) is 5.75 Å². The minimum absolute atomic E-state index is 0.0851. The number of rotatable bonds is 6. The zero-order valence-corrected chi connectivity index (χ0v) is 12.3. The molecule has 0 amide bonds. The van der Waals surface area contributed by atoms with Gasteiger partial charge < -0.3 is 14.8 Å². The normalized spacial score (nSPS) is 10.5. The number of carbonyl (C=O) groups excluding carboxylic acids is 1. The van der Waals surface area contributed by atoms with Crippen LogP contribution in [0.2, 0.25) is 0 Å². The second-order valence-electron chi connectivity index (χ2n) is 4.34. The molecule has 1 aromatic carbocycles. The summed E-state index contributed by atoms with van der Waals surface area (Å²) in [5.41, 5.74) is 0.173. The zero-order valence-electron chi connectivity index (χ0n) is 11.5. The van der Waals surface area contributed by atoms with Crippen LogP contribution in [0.1, 0.15) is 16.2 Å². The maximum atomic E-state index is 12.1. The van der Waals surface area contributed by atoms with E-state index < -0.39 is 0 Å². The van der Waals surface area contributed by atoms with Crippen LogP contribution in [-0.4, -0.2) is 36.5 Å². The van der Waals surface area contributed by atoms with Gasteiger partial charge in [-0.2, -0.15) is 0 Å². The second kappa shape index (κ2) is 6.45. The molecule has 7 heteroatoms. The molecule has 0 unspecified atom stereocenters. The lowest BCUT2D eigenvalue weighted by Crippen LogP contribution is -2.05. The van der Waals surface area contributed by atoms with Crippen molar-refractivity contribution < 1.29 is 15.0 Å². The predicted molar refractivity (Wildman–Crippen MR) is 79.8 cm³/mol. The van der Waals surface area contributed by atoms with E-state index in [9.17, 15) is 15.0 Å². The lowest BCUT2D eigenvalue weighted by Gasteiger charge is -2.06. The number of benzene rings is 1. The van der Waals surface area contributed by atoms with E-state index in [-0.39, 0.29) is 28.6 Å². The lowest BCUT2D eigenvalue weighted by atomic mass is 10.1. The van der Waals surface area contributed by atoms with Gasteiger partial charge in [0.15, 0.2) is 10.9 Å². The minimum Gasteiger partial charge on any atom is -0.508 e. The highest BCUT2D eigenvalue weighted by molar-refractivity contribution is 7.99. The summed E-state index contributed by atoms with van der Waals surface area (Å²) in [6, 6.07) is 3.90. The molecule has 2 N–H and O–H groups in total. The van der Waals surface area contributed by atoms with E-state index in [1.807, 2.05) is 11.5 Å². The quantitative estimate of drug-likeness (QED) is 0.483. The zero-order chi connectivity index (χ0) is 15.4. The third kappa shape index (κ3) is 3.43. The number of aromatic hydroxyl groups is 2. The van der Waals surface area contributed by atoms with Gasteiger partial charge in [0.25, 0.3) is 0 Å². The van der Waals surface area contributed by atoms with Crippen LogP contribution >= 0.6 is 11.8 Å². The smallest absolute Gasteiger partial charge is 0.191 e. The number of thioether (sulfide) groups is 1. The topological polar surface area (TPSA) is 88.2 Å². The Morgan fingerprint density at radius 1 is 1.43 bits per heavy atom. The Morgan fingerprint density at radius 3 is 2.86 bits per heavy atom. The number of carbonyl (C=O) groups is 1. The van der Waals surface area contributed by atoms with Crippen LogP contribution in [0.4, 0.5) is 0 Å². The van der Waals surface area contributed by atoms with Gasteiger partial charge >= 0.3 is 0 Å². The number of phenolic OH excluding ortho intramolecular Hbond substituents is 2. The van der Waals surface area contributed by atoms with Crippen LogP contribution < -0.4 is 0 Å². The summed E-state index contributed by atoms with van der Waals surface area (Å²) in [6.07, 6.45) is 1.73. The number of nitrogens with zero attached hydrogens (tertiary/aromatic N) is 3. The molecule has 0 aliphatic heterocycles. The molecular formula is C14H15N3O3S. The molecule has 1 aromatic heterocycles. The second-order valence-corrected chi connectivity index (χ2v) is 5.28. The van der Waals surface area contributed by atoms with Crippen molar-refractivity contribution in [3.05, 3.63) is 42.2 Å². The Morgan fingerprint density at radius 2 is 2.19 bits per heavy atom. The Labute approximate surface area is 126 Å². The Kier molecular flexibility index (Phi) is 4.64. The average molecular weight is 305 g/mol. The first-order valence-corrected chi connectivity index (χ1v) is 7.20. The van der Waals surface area contributed by atoms with Gasteiger partial charge in [0.2, 0.25) is 0 Å². The molecule has 0 radical (unpaired) electrons. The highest BCUT2D eigenvalue weighted by Gasteiger charge is 2.15. The molecule has 0 atom stereocenters. The highest BCUT2D eigenvalue weighted by atomic mass is 32.2. The first-order chi connectivity index (χ1) is 10.0. The summed E-state index contributed by atoms with van der Waals surface area (Å²) < 4.78 is 1.85. The summed E-state index contributed by atoms with van der Waals surface area (Å²) in [4.78, 5) is 12.1. The summed E-state index contributed by atoms with van der Waals surface area (Å²) in [5.74, 6) is 0.302. The van der Waals surface area contributed by atoms with Crippen LogP contribution in [0.5, 0.6) is 11.5 Å². The lowest BCUT2D eigenvalue weighted by molar-refractivity contribution is 0.102. The molecule has 21 heavy (non-hydrogen) atoms. The fourth-order valence-electron chi connectivity index (χ4n) is 1.77. The van der Waals surface area contributed by atoms with E-state index >= 15 is 0 Å². The fourth-order valence-corrected chi connectivity index (χ4v) is 2.65. The Hall–Kier alpha value is -2.28. The molecule has 2 aromatic rings. The van der Waals surface area contributed by atoms with E-state index in [2.05, 4.69) is 16.8 Å². The van der Waals surface area contributed by atoms with Crippen molar-refractivity contribution in [3.63, 3.8) is 0 Å². The third-order valence-corrected chi connectivity index (χ3v) is 3.79. The summed E-state index contributed by atoms with van der Waals surface area (Å²) in [5, 5.41) is 27.5. The van der Waals surface area contributed by atoms with E-state index in [4.69, 9.17) is 0 Å². The molecule has 0 bridgehead atoms. The first-order valence-electron chi connectivity index (χ1n) is 6.21. The highest BCUT2D eigenvalue weighted by Crippen LogP contribution is 2.25. The Balaban J connectivity index is 2.09.